The first kappa shape index (κ1) is 13.6. The van der Waals surface area contributed by atoms with Gasteiger partial charge in [-0.2, -0.15) is 5.26 Å². The SMILES string of the molecule is C#CCCCCNC(=O)Nc1ccc(C#N)cc1. The molecule has 0 heterocycles. The fraction of sp³-hybridized carbons (Fsp3) is 0.286. The van der Waals surface area contributed by atoms with Gasteiger partial charge in [0.15, 0.2) is 0 Å². The van der Waals surface area contributed by atoms with E-state index in [9.17, 15) is 4.79 Å². The van der Waals surface area contributed by atoms with Crippen LogP contribution < -0.4 is 10.6 Å². The molecule has 0 fully saturated rings. The molecule has 0 bridgehead atoms. The number of hydrogen-bond donors (Lipinski definition) is 2. The third kappa shape index (κ3) is 5.05. The molecular weight excluding hydrogens is 226 g/mol. The molecule has 4 nitrogen and oxygen atoms in total. The number of unbranched alkanes of at least 4 members (excludes halogenated alkanes) is 2. The second-order valence-electron chi connectivity index (χ2n) is 3.73. The van der Waals surface area contributed by atoms with Crippen molar-refractivity contribution in [2.75, 3.05) is 11.9 Å². The number of anilines is 1. The molecule has 0 saturated heterocycles. The van der Waals surface area contributed by atoms with Crippen LogP contribution in [0.3, 0.4) is 0 Å². The zero-order valence-corrected chi connectivity index (χ0v) is 10.1. The maximum absolute atomic E-state index is 11.5. The monoisotopic (exact) mass is 241 g/mol. The third-order valence-corrected chi connectivity index (χ3v) is 2.31. The van der Waals surface area contributed by atoms with Crippen LogP contribution in [0.4, 0.5) is 10.5 Å². The largest absolute Gasteiger partial charge is 0.338 e. The van der Waals surface area contributed by atoms with E-state index in [1.807, 2.05) is 6.07 Å². The van der Waals surface area contributed by atoms with E-state index in [1.54, 1.807) is 24.3 Å². The molecule has 0 aromatic heterocycles. The summed E-state index contributed by atoms with van der Waals surface area (Å²) in [4.78, 5) is 11.5. The second kappa shape index (κ2) is 7.76. The molecule has 4 heteroatoms. The predicted molar refractivity (Wildman–Crippen MR) is 70.9 cm³/mol. The van der Waals surface area contributed by atoms with E-state index < -0.39 is 0 Å². The molecule has 92 valence electrons. The minimum atomic E-state index is -0.250. The zero-order valence-electron chi connectivity index (χ0n) is 10.1. The molecule has 0 unspecified atom stereocenters. The quantitative estimate of drug-likeness (QED) is 0.614. The molecule has 1 aromatic carbocycles. The Morgan fingerprint density at radius 2 is 2.00 bits per heavy atom. The summed E-state index contributed by atoms with van der Waals surface area (Å²) in [5.41, 5.74) is 1.23. The van der Waals surface area contributed by atoms with Crippen molar-refractivity contribution >= 4 is 11.7 Å². The number of terminal acetylenes is 1. The number of amides is 2. The molecule has 0 aliphatic carbocycles. The standard InChI is InChI=1S/C14H15N3O/c1-2-3-4-5-10-16-14(18)17-13-8-6-12(11-15)7-9-13/h1,6-9H,3-5,10H2,(H2,16,17,18). The van der Waals surface area contributed by atoms with Crippen LogP contribution >= 0.6 is 0 Å². The van der Waals surface area contributed by atoms with Crippen molar-refractivity contribution < 1.29 is 4.79 Å². The normalized spacial score (nSPS) is 9.00. The Bertz CT molecular complexity index is 465. The Hall–Kier alpha value is -2.46. The van der Waals surface area contributed by atoms with E-state index in [1.165, 1.54) is 0 Å². The van der Waals surface area contributed by atoms with Crippen molar-refractivity contribution in [1.29, 1.82) is 5.26 Å². The summed E-state index contributed by atoms with van der Waals surface area (Å²) in [6.45, 7) is 0.601. The Balaban J connectivity index is 2.27. The molecule has 0 radical (unpaired) electrons. The van der Waals surface area contributed by atoms with Gasteiger partial charge in [0.05, 0.1) is 11.6 Å². The highest BCUT2D eigenvalue weighted by atomic mass is 16.2. The molecule has 1 rings (SSSR count). The van der Waals surface area contributed by atoms with Crippen LogP contribution in [0.15, 0.2) is 24.3 Å². The Labute approximate surface area is 107 Å². The number of urea groups is 1. The van der Waals surface area contributed by atoms with E-state index in [4.69, 9.17) is 11.7 Å². The molecule has 18 heavy (non-hydrogen) atoms. The Kier molecular flexibility index (Phi) is 5.86. The topological polar surface area (TPSA) is 64.9 Å². The highest BCUT2D eigenvalue weighted by Gasteiger charge is 2.00. The number of nitrogens with one attached hydrogen (secondary N) is 2. The average Bonchev–Trinajstić information content (AvgIpc) is 2.39. The van der Waals surface area contributed by atoms with Crippen LogP contribution in [0.1, 0.15) is 24.8 Å². The zero-order chi connectivity index (χ0) is 13.2. The van der Waals surface area contributed by atoms with E-state index >= 15 is 0 Å². The van der Waals surface area contributed by atoms with Crippen LogP contribution in [-0.2, 0) is 0 Å². The minimum Gasteiger partial charge on any atom is -0.338 e. The number of benzene rings is 1. The first-order valence-corrected chi connectivity index (χ1v) is 5.74. The number of carbonyl (C=O) groups is 1. The van der Waals surface area contributed by atoms with Gasteiger partial charge in [0, 0.05) is 18.7 Å². The van der Waals surface area contributed by atoms with Gasteiger partial charge in [0.1, 0.15) is 0 Å². The van der Waals surface area contributed by atoms with E-state index in [0.717, 1.165) is 19.3 Å². The second-order valence-corrected chi connectivity index (χ2v) is 3.73. The van der Waals surface area contributed by atoms with Crippen LogP contribution in [0.2, 0.25) is 0 Å². The predicted octanol–water partition coefficient (Wildman–Crippen LogP) is 2.48. The Morgan fingerprint density at radius 3 is 2.61 bits per heavy atom. The molecule has 0 spiro atoms. The fourth-order valence-corrected chi connectivity index (χ4v) is 1.36. The maximum Gasteiger partial charge on any atom is 0.319 e. The molecule has 0 aliphatic rings. The summed E-state index contributed by atoms with van der Waals surface area (Å²) < 4.78 is 0. The summed E-state index contributed by atoms with van der Waals surface area (Å²) in [6, 6.07) is 8.46. The van der Waals surface area contributed by atoms with Gasteiger partial charge >= 0.3 is 6.03 Å². The summed E-state index contributed by atoms with van der Waals surface area (Å²) in [5, 5.41) is 14.1. The summed E-state index contributed by atoms with van der Waals surface area (Å²) >= 11 is 0. The molecule has 1 aromatic rings. The van der Waals surface area contributed by atoms with E-state index in [2.05, 4.69) is 16.6 Å². The molecule has 2 amide bonds. The molecule has 0 atom stereocenters. The molecule has 0 aliphatic heterocycles. The van der Waals surface area contributed by atoms with Crippen LogP contribution in [-0.4, -0.2) is 12.6 Å². The van der Waals surface area contributed by atoms with Gasteiger partial charge in [-0.1, -0.05) is 0 Å². The lowest BCUT2D eigenvalue weighted by atomic mass is 10.2. The number of carbonyl (C=O) groups excluding carboxylic acids is 1. The van der Waals surface area contributed by atoms with E-state index in [-0.39, 0.29) is 6.03 Å². The minimum absolute atomic E-state index is 0.250. The fourth-order valence-electron chi connectivity index (χ4n) is 1.36. The van der Waals surface area contributed by atoms with Crippen LogP contribution in [0.25, 0.3) is 0 Å². The maximum atomic E-state index is 11.5. The summed E-state index contributed by atoms with van der Waals surface area (Å²) in [7, 11) is 0. The lowest BCUT2D eigenvalue weighted by molar-refractivity contribution is 0.252. The molecular formula is C14H15N3O. The summed E-state index contributed by atoms with van der Waals surface area (Å²) in [6.07, 6.45) is 7.64. The van der Waals surface area contributed by atoms with Gasteiger partial charge in [-0.3, -0.25) is 0 Å². The van der Waals surface area contributed by atoms with Gasteiger partial charge in [0.25, 0.3) is 0 Å². The number of nitriles is 1. The highest BCUT2D eigenvalue weighted by Crippen LogP contribution is 2.08. The average molecular weight is 241 g/mol. The van der Waals surface area contributed by atoms with Gasteiger partial charge in [-0.05, 0) is 37.1 Å². The van der Waals surface area contributed by atoms with Crippen molar-refractivity contribution in [3.8, 4) is 18.4 Å². The highest BCUT2D eigenvalue weighted by molar-refractivity contribution is 5.89. The van der Waals surface area contributed by atoms with Crippen molar-refractivity contribution in [2.45, 2.75) is 19.3 Å². The number of hydrogen-bond acceptors (Lipinski definition) is 2. The van der Waals surface area contributed by atoms with Crippen LogP contribution in [0, 0.1) is 23.7 Å². The lowest BCUT2D eigenvalue weighted by Crippen LogP contribution is -2.29. The summed E-state index contributed by atoms with van der Waals surface area (Å²) in [5.74, 6) is 2.55. The number of rotatable bonds is 5. The number of nitrogens with zero attached hydrogens (tertiary/aromatic N) is 1. The van der Waals surface area contributed by atoms with Gasteiger partial charge in [0.2, 0.25) is 0 Å². The smallest absolute Gasteiger partial charge is 0.319 e. The first-order chi connectivity index (χ1) is 8.76. The Morgan fingerprint density at radius 1 is 1.28 bits per heavy atom. The van der Waals surface area contributed by atoms with E-state index in [0.29, 0.717) is 17.8 Å². The van der Waals surface area contributed by atoms with Crippen molar-refractivity contribution in [1.82, 2.24) is 5.32 Å². The van der Waals surface area contributed by atoms with Gasteiger partial charge in [-0.15, -0.1) is 12.3 Å². The van der Waals surface area contributed by atoms with Gasteiger partial charge in [-0.25, -0.2) is 4.79 Å². The van der Waals surface area contributed by atoms with Crippen molar-refractivity contribution in [3.05, 3.63) is 29.8 Å². The third-order valence-electron chi connectivity index (χ3n) is 2.31. The van der Waals surface area contributed by atoms with Crippen molar-refractivity contribution in [3.63, 3.8) is 0 Å². The molecule has 0 saturated carbocycles. The first-order valence-electron chi connectivity index (χ1n) is 5.74. The van der Waals surface area contributed by atoms with Crippen LogP contribution in [0.5, 0.6) is 0 Å². The lowest BCUT2D eigenvalue weighted by Gasteiger charge is -2.07. The van der Waals surface area contributed by atoms with Crippen molar-refractivity contribution in [2.24, 2.45) is 0 Å². The molecule has 2 N–H and O–H groups in total. The van der Waals surface area contributed by atoms with Gasteiger partial charge < -0.3 is 10.6 Å².